The van der Waals surface area contributed by atoms with Gasteiger partial charge < -0.3 is 0 Å². The largest absolute Gasteiger partial charge is 0.225 e. The molecule has 0 radical (unpaired) electrons. The van der Waals surface area contributed by atoms with Crippen LogP contribution in [0.4, 0.5) is 0 Å². The number of halogens is 1. The summed E-state index contributed by atoms with van der Waals surface area (Å²) < 4.78 is 2.64. The molecule has 0 bridgehead atoms. The Morgan fingerprint density at radius 2 is 2.00 bits per heavy atom. The fourth-order valence-corrected chi connectivity index (χ4v) is 2.29. The minimum Gasteiger partial charge on any atom is -0.225 e. The molecule has 100 valence electrons. The Balaban J connectivity index is 2.01. The van der Waals surface area contributed by atoms with Crippen molar-refractivity contribution in [2.24, 2.45) is 0 Å². The van der Waals surface area contributed by atoms with Crippen molar-refractivity contribution in [3.05, 3.63) is 34.5 Å². The van der Waals surface area contributed by atoms with Crippen LogP contribution < -0.4 is 0 Å². The van der Waals surface area contributed by atoms with Gasteiger partial charge in [0.2, 0.25) is 0 Å². The molecule has 1 aliphatic rings. The van der Waals surface area contributed by atoms with E-state index >= 15 is 0 Å². The van der Waals surface area contributed by atoms with Crippen molar-refractivity contribution in [3.63, 3.8) is 0 Å². The zero-order valence-corrected chi connectivity index (χ0v) is 13.0. The summed E-state index contributed by atoms with van der Waals surface area (Å²) in [5.41, 5.74) is 1.09. The van der Waals surface area contributed by atoms with Crippen LogP contribution in [0.15, 0.2) is 22.9 Å². The van der Waals surface area contributed by atoms with Crippen LogP contribution >= 0.6 is 15.9 Å². The molecule has 0 aliphatic heterocycles. The smallest absolute Gasteiger partial charge is 0.158 e. The molecule has 0 atom stereocenters. The van der Waals surface area contributed by atoms with Crippen LogP contribution in [0.2, 0.25) is 0 Å². The third kappa shape index (κ3) is 2.71. The summed E-state index contributed by atoms with van der Waals surface area (Å²) >= 11 is 3.46. The molecule has 0 spiro atoms. The molecule has 1 fully saturated rings. The van der Waals surface area contributed by atoms with E-state index in [9.17, 15) is 0 Å². The van der Waals surface area contributed by atoms with E-state index < -0.39 is 0 Å². The molecule has 4 nitrogen and oxygen atoms in total. The van der Waals surface area contributed by atoms with Crippen LogP contribution in [0, 0.1) is 0 Å². The van der Waals surface area contributed by atoms with Gasteiger partial charge in [0.05, 0.1) is 5.69 Å². The van der Waals surface area contributed by atoms with Gasteiger partial charge in [-0.2, -0.15) is 5.10 Å². The minimum absolute atomic E-state index is 0.0784. The SMILES string of the molecule is CC(C)(C)c1nc(Br)cc(-n2ccc(C3CC3)n2)n1. The third-order valence-electron chi connectivity index (χ3n) is 3.19. The molecule has 3 rings (SSSR count). The molecule has 2 heterocycles. The van der Waals surface area contributed by atoms with Crippen molar-refractivity contribution in [2.75, 3.05) is 0 Å². The summed E-state index contributed by atoms with van der Waals surface area (Å²) in [5, 5.41) is 4.61. The summed E-state index contributed by atoms with van der Waals surface area (Å²) in [6.45, 7) is 6.33. The van der Waals surface area contributed by atoms with E-state index in [-0.39, 0.29) is 5.41 Å². The zero-order valence-electron chi connectivity index (χ0n) is 11.4. The summed E-state index contributed by atoms with van der Waals surface area (Å²) in [5.74, 6) is 2.30. The van der Waals surface area contributed by atoms with Crippen LogP contribution in [-0.4, -0.2) is 19.7 Å². The quantitative estimate of drug-likeness (QED) is 0.794. The average molecular weight is 321 g/mol. The van der Waals surface area contributed by atoms with Gasteiger partial charge in [0, 0.05) is 23.6 Å². The van der Waals surface area contributed by atoms with Crippen LogP contribution in [0.5, 0.6) is 0 Å². The predicted octanol–water partition coefficient (Wildman–Crippen LogP) is 3.60. The van der Waals surface area contributed by atoms with Crippen molar-refractivity contribution in [3.8, 4) is 5.82 Å². The van der Waals surface area contributed by atoms with Gasteiger partial charge in [0.1, 0.15) is 10.4 Å². The van der Waals surface area contributed by atoms with Gasteiger partial charge in [0.15, 0.2) is 5.82 Å². The molecule has 1 aliphatic carbocycles. The number of nitrogens with zero attached hydrogens (tertiary/aromatic N) is 4. The first-order valence-electron chi connectivity index (χ1n) is 6.54. The van der Waals surface area contributed by atoms with Gasteiger partial charge in [-0.1, -0.05) is 20.8 Å². The second-order valence-electron chi connectivity index (χ2n) is 6.08. The molecule has 0 aromatic carbocycles. The summed E-state index contributed by atoms with van der Waals surface area (Å²) in [4.78, 5) is 9.08. The average Bonchev–Trinajstić information content (AvgIpc) is 3.05. The first-order valence-corrected chi connectivity index (χ1v) is 7.34. The molecule has 2 aromatic rings. The standard InChI is InChI=1S/C14H17BrN4/c1-14(2,3)13-16-11(15)8-12(17-13)19-7-6-10(18-19)9-4-5-9/h6-9H,4-5H2,1-3H3. The van der Waals surface area contributed by atoms with E-state index in [0.29, 0.717) is 5.92 Å². The lowest BCUT2D eigenvalue weighted by Crippen LogP contribution is -2.17. The third-order valence-corrected chi connectivity index (χ3v) is 3.60. The topological polar surface area (TPSA) is 43.6 Å². The maximum atomic E-state index is 4.63. The van der Waals surface area contributed by atoms with Crippen LogP contribution in [0.25, 0.3) is 5.82 Å². The first kappa shape index (κ1) is 12.8. The maximum Gasteiger partial charge on any atom is 0.158 e. The van der Waals surface area contributed by atoms with Gasteiger partial charge in [-0.15, -0.1) is 0 Å². The van der Waals surface area contributed by atoms with Crippen molar-refractivity contribution in [2.45, 2.75) is 44.9 Å². The first-order chi connectivity index (χ1) is 8.93. The molecule has 0 unspecified atom stereocenters. The normalized spacial score (nSPS) is 15.8. The van der Waals surface area contributed by atoms with E-state index in [1.807, 2.05) is 16.9 Å². The highest BCUT2D eigenvalue weighted by Crippen LogP contribution is 2.39. The molecular weight excluding hydrogens is 304 g/mol. The van der Waals surface area contributed by atoms with E-state index in [4.69, 9.17) is 0 Å². The van der Waals surface area contributed by atoms with E-state index in [0.717, 1.165) is 16.2 Å². The van der Waals surface area contributed by atoms with Crippen molar-refractivity contribution in [1.82, 2.24) is 19.7 Å². The van der Waals surface area contributed by atoms with Crippen LogP contribution in [-0.2, 0) is 5.41 Å². The maximum absolute atomic E-state index is 4.63. The fourth-order valence-electron chi connectivity index (χ4n) is 1.92. The Bertz CT molecular complexity index is 608. The lowest BCUT2D eigenvalue weighted by atomic mass is 9.96. The number of aromatic nitrogens is 4. The highest BCUT2D eigenvalue weighted by atomic mass is 79.9. The molecule has 0 amide bonds. The lowest BCUT2D eigenvalue weighted by Gasteiger charge is -2.17. The summed E-state index contributed by atoms with van der Waals surface area (Å²) in [7, 11) is 0. The Morgan fingerprint density at radius 1 is 1.26 bits per heavy atom. The summed E-state index contributed by atoms with van der Waals surface area (Å²) in [6, 6.07) is 3.99. The number of hydrogen-bond donors (Lipinski definition) is 0. The minimum atomic E-state index is -0.0784. The van der Waals surface area contributed by atoms with Gasteiger partial charge in [-0.3, -0.25) is 0 Å². The van der Waals surface area contributed by atoms with E-state index in [1.165, 1.54) is 18.5 Å². The van der Waals surface area contributed by atoms with E-state index in [2.05, 4.69) is 57.8 Å². The van der Waals surface area contributed by atoms with Gasteiger partial charge in [0.25, 0.3) is 0 Å². The second-order valence-corrected chi connectivity index (χ2v) is 6.89. The zero-order chi connectivity index (χ0) is 13.6. The van der Waals surface area contributed by atoms with Gasteiger partial charge >= 0.3 is 0 Å². The van der Waals surface area contributed by atoms with Gasteiger partial charge in [-0.25, -0.2) is 14.6 Å². The molecule has 19 heavy (non-hydrogen) atoms. The highest BCUT2D eigenvalue weighted by Gasteiger charge is 2.26. The molecule has 0 N–H and O–H groups in total. The van der Waals surface area contributed by atoms with Gasteiger partial charge in [-0.05, 0) is 34.8 Å². The van der Waals surface area contributed by atoms with E-state index in [1.54, 1.807) is 0 Å². The molecular formula is C14H17BrN4. The number of rotatable bonds is 2. The highest BCUT2D eigenvalue weighted by molar-refractivity contribution is 9.10. The molecule has 1 saturated carbocycles. The fraction of sp³-hybridized carbons (Fsp3) is 0.500. The molecule has 0 saturated heterocycles. The lowest BCUT2D eigenvalue weighted by molar-refractivity contribution is 0.540. The Hall–Kier alpha value is -1.23. The van der Waals surface area contributed by atoms with Crippen molar-refractivity contribution in [1.29, 1.82) is 0 Å². The predicted molar refractivity (Wildman–Crippen MR) is 77.5 cm³/mol. The van der Waals surface area contributed by atoms with Crippen LogP contribution in [0.1, 0.15) is 51.0 Å². The number of hydrogen-bond acceptors (Lipinski definition) is 3. The van der Waals surface area contributed by atoms with Crippen LogP contribution in [0.3, 0.4) is 0 Å². The Kier molecular flexibility index (Phi) is 2.96. The summed E-state index contributed by atoms with van der Waals surface area (Å²) in [6.07, 6.45) is 4.50. The van der Waals surface area contributed by atoms with Crippen molar-refractivity contribution >= 4 is 15.9 Å². The molecule has 2 aromatic heterocycles. The monoisotopic (exact) mass is 320 g/mol. The second kappa shape index (κ2) is 4.40. The Labute approximate surface area is 121 Å². The Morgan fingerprint density at radius 3 is 2.63 bits per heavy atom. The van der Waals surface area contributed by atoms with Crippen molar-refractivity contribution < 1.29 is 0 Å². The molecule has 5 heteroatoms.